The summed E-state index contributed by atoms with van der Waals surface area (Å²) in [6, 6.07) is 11.5. The molecule has 0 unspecified atom stereocenters. The van der Waals surface area contributed by atoms with Gasteiger partial charge >= 0.3 is 0 Å². The molecule has 0 bridgehead atoms. The molecular formula is C19H26BrN5O. The molecule has 2 aromatic rings. The highest BCUT2D eigenvalue weighted by atomic mass is 79.9. The number of amides is 1. The molecule has 0 atom stereocenters. The maximum Gasteiger partial charge on any atom is 0.251 e. The molecule has 0 saturated heterocycles. The van der Waals surface area contributed by atoms with Crippen molar-refractivity contribution in [3.63, 3.8) is 0 Å². The number of aryl methyl sites for hydroxylation is 1. The summed E-state index contributed by atoms with van der Waals surface area (Å²) >= 11 is 3.38. The number of aliphatic imine (C=N–C) groups is 1. The fourth-order valence-electron chi connectivity index (χ4n) is 2.59. The van der Waals surface area contributed by atoms with Crippen LogP contribution in [0.1, 0.15) is 22.5 Å². The Morgan fingerprint density at radius 3 is 2.65 bits per heavy atom. The van der Waals surface area contributed by atoms with Crippen molar-refractivity contribution in [2.75, 3.05) is 27.2 Å². The summed E-state index contributed by atoms with van der Waals surface area (Å²) in [5, 5.41) is 6.27. The van der Waals surface area contributed by atoms with Gasteiger partial charge in [-0.2, -0.15) is 0 Å². The van der Waals surface area contributed by atoms with E-state index in [0.717, 1.165) is 29.9 Å². The van der Waals surface area contributed by atoms with Crippen molar-refractivity contribution >= 4 is 27.8 Å². The third kappa shape index (κ3) is 5.91. The number of nitrogens with zero attached hydrogens (tertiary/aromatic N) is 3. The van der Waals surface area contributed by atoms with E-state index in [0.29, 0.717) is 12.1 Å². The number of hydrogen-bond acceptors (Lipinski definition) is 2. The van der Waals surface area contributed by atoms with E-state index in [1.807, 2.05) is 44.6 Å². The fraction of sp³-hybridized carbons (Fsp3) is 0.368. The van der Waals surface area contributed by atoms with Crippen LogP contribution in [0, 0.1) is 0 Å². The molecule has 0 saturated carbocycles. The maximum absolute atomic E-state index is 12.1. The molecule has 1 aromatic heterocycles. The minimum atomic E-state index is -0.0588. The summed E-state index contributed by atoms with van der Waals surface area (Å²) in [5.74, 6) is 0.779. The highest BCUT2D eigenvalue weighted by Gasteiger charge is 2.08. The lowest BCUT2D eigenvalue weighted by atomic mass is 10.2. The van der Waals surface area contributed by atoms with Crippen molar-refractivity contribution in [1.29, 1.82) is 0 Å². The SMILES string of the molecule is CN=C(NCCCNC(=O)c1cccc(Br)c1)N(C)Cc1cccn1C. The number of carbonyl (C=O) groups is 1. The minimum absolute atomic E-state index is 0.0588. The number of aromatic nitrogens is 1. The second-order valence-corrected chi connectivity index (χ2v) is 6.98. The van der Waals surface area contributed by atoms with Crippen molar-refractivity contribution < 1.29 is 4.79 Å². The Morgan fingerprint density at radius 2 is 2.00 bits per heavy atom. The van der Waals surface area contributed by atoms with E-state index in [4.69, 9.17) is 0 Å². The molecule has 0 aliphatic heterocycles. The standard InChI is InChI=1S/C19H26BrN5O/c1-21-19(25(3)14-17-9-5-12-24(17)2)23-11-6-10-22-18(26)15-7-4-8-16(20)13-15/h4-5,7-9,12-13H,6,10-11,14H2,1-3H3,(H,21,23)(H,22,26). The molecule has 1 heterocycles. The molecule has 0 aliphatic rings. The number of hydrogen-bond donors (Lipinski definition) is 2. The Kier molecular flexibility index (Phi) is 7.72. The first-order valence-electron chi connectivity index (χ1n) is 8.57. The third-order valence-electron chi connectivity index (χ3n) is 4.03. The Hall–Kier alpha value is -2.28. The van der Waals surface area contributed by atoms with Gasteiger partial charge < -0.3 is 20.1 Å². The minimum Gasteiger partial charge on any atom is -0.356 e. The van der Waals surface area contributed by atoms with Crippen LogP contribution >= 0.6 is 15.9 Å². The lowest BCUT2D eigenvalue weighted by Gasteiger charge is -2.22. The van der Waals surface area contributed by atoms with Gasteiger partial charge in [-0.05, 0) is 36.8 Å². The number of rotatable bonds is 7. The van der Waals surface area contributed by atoms with Crippen LogP contribution in [0.4, 0.5) is 0 Å². The molecule has 1 amide bonds. The van der Waals surface area contributed by atoms with E-state index < -0.39 is 0 Å². The zero-order chi connectivity index (χ0) is 18.9. The first kappa shape index (κ1) is 20.0. The molecule has 2 N–H and O–H groups in total. The normalized spacial score (nSPS) is 11.3. The first-order valence-corrected chi connectivity index (χ1v) is 9.36. The van der Waals surface area contributed by atoms with Gasteiger partial charge in [-0.25, -0.2) is 0 Å². The van der Waals surface area contributed by atoms with Crippen molar-refractivity contribution in [3.8, 4) is 0 Å². The molecule has 140 valence electrons. The molecule has 1 aromatic carbocycles. The second kappa shape index (κ2) is 10.0. The molecule has 6 nitrogen and oxygen atoms in total. The molecule has 0 radical (unpaired) electrons. The van der Waals surface area contributed by atoms with E-state index >= 15 is 0 Å². The van der Waals surface area contributed by atoms with Crippen LogP contribution in [0.5, 0.6) is 0 Å². The van der Waals surface area contributed by atoms with Crippen LogP contribution in [0.2, 0.25) is 0 Å². The Bertz CT molecular complexity index is 756. The van der Waals surface area contributed by atoms with Crippen molar-refractivity contribution in [2.24, 2.45) is 12.0 Å². The highest BCUT2D eigenvalue weighted by molar-refractivity contribution is 9.10. The molecule has 26 heavy (non-hydrogen) atoms. The van der Waals surface area contributed by atoms with Gasteiger partial charge in [0.1, 0.15) is 0 Å². The van der Waals surface area contributed by atoms with Gasteiger partial charge in [0.25, 0.3) is 5.91 Å². The predicted molar refractivity (Wildman–Crippen MR) is 109 cm³/mol. The van der Waals surface area contributed by atoms with Crippen molar-refractivity contribution in [3.05, 3.63) is 58.3 Å². The van der Waals surface area contributed by atoms with E-state index in [1.54, 1.807) is 13.1 Å². The Labute approximate surface area is 163 Å². The Balaban J connectivity index is 1.70. The summed E-state index contributed by atoms with van der Waals surface area (Å²) in [6.45, 7) is 2.13. The van der Waals surface area contributed by atoms with E-state index in [1.165, 1.54) is 5.69 Å². The molecule has 0 spiro atoms. The fourth-order valence-corrected chi connectivity index (χ4v) is 2.98. The van der Waals surface area contributed by atoms with Crippen molar-refractivity contribution in [2.45, 2.75) is 13.0 Å². The number of halogens is 1. The van der Waals surface area contributed by atoms with Crippen LogP contribution in [-0.4, -0.2) is 48.5 Å². The van der Waals surface area contributed by atoms with Crippen LogP contribution in [0.3, 0.4) is 0 Å². The quantitative estimate of drug-likeness (QED) is 0.411. The van der Waals surface area contributed by atoms with Gasteiger partial charge in [-0.3, -0.25) is 9.79 Å². The molecular weight excluding hydrogens is 394 g/mol. The van der Waals surface area contributed by atoms with Gasteiger partial charge in [0, 0.05) is 56.2 Å². The van der Waals surface area contributed by atoms with Gasteiger partial charge in [0.05, 0.1) is 6.54 Å². The maximum atomic E-state index is 12.1. The molecule has 2 rings (SSSR count). The van der Waals surface area contributed by atoms with Crippen LogP contribution in [0.25, 0.3) is 0 Å². The van der Waals surface area contributed by atoms with Gasteiger partial charge in [0.15, 0.2) is 5.96 Å². The van der Waals surface area contributed by atoms with Crippen LogP contribution < -0.4 is 10.6 Å². The summed E-state index contributed by atoms with van der Waals surface area (Å²) in [5.41, 5.74) is 1.88. The summed E-state index contributed by atoms with van der Waals surface area (Å²) < 4.78 is 3.00. The third-order valence-corrected chi connectivity index (χ3v) is 4.53. The summed E-state index contributed by atoms with van der Waals surface area (Å²) in [7, 11) is 5.82. The number of nitrogens with one attached hydrogen (secondary N) is 2. The summed E-state index contributed by atoms with van der Waals surface area (Å²) in [6.07, 6.45) is 2.85. The van der Waals surface area contributed by atoms with E-state index in [9.17, 15) is 4.79 Å². The lowest BCUT2D eigenvalue weighted by molar-refractivity contribution is 0.0953. The molecule has 7 heteroatoms. The monoisotopic (exact) mass is 419 g/mol. The lowest BCUT2D eigenvalue weighted by Crippen LogP contribution is -2.40. The van der Waals surface area contributed by atoms with Crippen molar-refractivity contribution in [1.82, 2.24) is 20.1 Å². The van der Waals surface area contributed by atoms with Gasteiger partial charge in [0.2, 0.25) is 0 Å². The molecule has 0 aliphatic carbocycles. The van der Waals surface area contributed by atoms with Gasteiger partial charge in [-0.15, -0.1) is 0 Å². The smallest absolute Gasteiger partial charge is 0.251 e. The largest absolute Gasteiger partial charge is 0.356 e. The van der Waals surface area contributed by atoms with E-state index in [-0.39, 0.29) is 5.91 Å². The molecule has 0 fully saturated rings. The Morgan fingerprint density at radius 1 is 1.23 bits per heavy atom. The summed E-state index contributed by atoms with van der Waals surface area (Å²) in [4.78, 5) is 18.5. The average Bonchev–Trinajstić information content (AvgIpc) is 3.02. The predicted octanol–water partition coefficient (Wildman–Crippen LogP) is 2.61. The zero-order valence-electron chi connectivity index (χ0n) is 15.5. The second-order valence-electron chi connectivity index (χ2n) is 6.06. The number of benzene rings is 1. The zero-order valence-corrected chi connectivity index (χ0v) is 17.1. The number of guanidine groups is 1. The highest BCUT2D eigenvalue weighted by Crippen LogP contribution is 2.11. The topological polar surface area (TPSA) is 61.7 Å². The van der Waals surface area contributed by atoms with Crippen LogP contribution in [-0.2, 0) is 13.6 Å². The first-order chi connectivity index (χ1) is 12.5. The number of carbonyl (C=O) groups excluding carboxylic acids is 1. The van der Waals surface area contributed by atoms with Crippen LogP contribution in [0.15, 0.2) is 52.1 Å². The average molecular weight is 420 g/mol. The van der Waals surface area contributed by atoms with Gasteiger partial charge in [-0.1, -0.05) is 22.0 Å². The van der Waals surface area contributed by atoms with E-state index in [2.05, 4.69) is 47.1 Å².